The van der Waals surface area contributed by atoms with Crippen LogP contribution in [-0.2, 0) is 6.42 Å². The fourth-order valence-electron chi connectivity index (χ4n) is 2.70. The Bertz CT molecular complexity index is 393. The monoisotopic (exact) mass is 187 g/mol. The van der Waals surface area contributed by atoms with Crippen LogP contribution < -0.4 is 0 Å². The van der Waals surface area contributed by atoms with Gasteiger partial charge in [0.05, 0.1) is 0 Å². The molecule has 14 heavy (non-hydrogen) atoms. The lowest BCUT2D eigenvalue weighted by Crippen LogP contribution is -2.41. The molecule has 0 aromatic carbocycles. The summed E-state index contributed by atoms with van der Waals surface area (Å²) >= 11 is 0. The summed E-state index contributed by atoms with van der Waals surface area (Å²) in [4.78, 5) is 16.3. The van der Waals surface area contributed by atoms with Gasteiger partial charge < -0.3 is 0 Å². The van der Waals surface area contributed by atoms with E-state index < -0.39 is 0 Å². The molecule has 3 rings (SSSR count). The molecule has 2 heteroatoms. The molecule has 1 aromatic rings. The third kappa shape index (κ3) is 0.912. The van der Waals surface area contributed by atoms with Gasteiger partial charge in [-0.05, 0) is 37.3 Å². The normalized spacial score (nSPS) is 23.0. The van der Waals surface area contributed by atoms with Gasteiger partial charge in [-0.15, -0.1) is 0 Å². The van der Waals surface area contributed by atoms with E-state index in [-0.39, 0.29) is 5.41 Å². The third-order valence-electron chi connectivity index (χ3n) is 3.81. The highest BCUT2D eigenvalue weighted by atomic mass is 16.1. The second kappa shape index (κ2) is 2.66. The Hall–Kier alpha value is -1.18. The molecule has 0 unspecified atom stereocenters. The average molecular weight is 187 g/mol. The molecule has 0 atom stereocenters. The minimum atomic E-state index is 0.0361. The molecule has 0 aliphatic heterocycles. The predicted molar refractivity (Wildman–Crippen MR) is 53.2 cm³/mol. The lowest BCUT2D eigenvalue weighted by atomic mass is 9.59. The third-order valence-corrected chi connectivity index (χ3v) is 3.81. The molecule has 2 nitrogen and oxygen atoms in total. The molecular weight excluding hydrogens is 174 g/mol. The lowest BCUT2D eigenvalue weighted by Gasteiger charge is -2.43. The molecule has 0 N–H and O–H groups in total. The molecule has 2 aliphatic carbocycles. The largest absolute Gasteiger partial charge is 0.294 e. The first kappa shape index (κ1) is 8.16. The number of nitrogens with zero attached hydrogens (tertiary/aromatic N) is 1. The van der Waals surface area contributed by atoms with Gasteiger partial charge >= 0.3 is 0 Å². The van der Waals surface area contributed by atoms with Crippen molar-refractivity contribution in [3.63, 3.8) is 0 Å². The number of hydrogen-bond acceptors (Lipinski definition) is 2. The summed E-state index contributed by atoms with van der Waals surface area (Å²) in [7, 11) is 0. The summed E-state index contributed by atoms with van der Waals surface area (Å²) in [6.07, 6.45) is 9.10. The Kier molecular flexibility index (Phi) is 1.55. The van der Waals surface area contributed by atoms with Crippen molar-refractivity contribution in [1.82, 2.24) is 4.98 Å². The summed E-state index contributed by atoms with van der Waals surface area (Å²) in [5.41, 5.74) is 2.12. The average Bonchev–Trinajstić information content (AvgIpc) is 2.16. The topological polar surface area (TPSA) is 30.0 Å². The Balaban J connectivity index is 2.07. The van der Waals surface area contributed by atoms with E-state index >= 15 is 0 Å². The van der Waals surface area contributed by atoms with Gasteiger partial charge in [-0.2, -0.15) is 0 Å². The number of carbonyl (C=O) groups is 1. The van der Waals surface area contributed by atoms with E-state index in [0.29, 0.717) is 5.78 Å². The second-order valence-corrected chi connectivity index (χ2v) is 4.50. The van der Waals surface area contributed by atoms with Gasteiger partial charge in [0, 0.05) is 23.4 Å². The first-order chi connectivity index (χ1) is 6.82. The smallest absolute Gasteiger partial charge is 0.169 e. The predicted octanol–water partition coefficient (Wildman–Crippen LogP) is 2.38. The lowest BCUT2D eigenvalue weighted by molar-refractivity contribution is 0.0555. The Morgan fingerprint density at radius 1 is 1.29 bits per heavy atom. The number of fused-ring (bicyclic) bond motifs is 1. The molecule has 1 aromatic heterocycles. The van der Waals surface area contributed by atoms with E-state index in [4.69, 9.17) is 0 Å². The van der Waals surface area contributed by atoms with Gasteiger partial charge in [0.1, 0.15) is 0 Å². The maximum absolute atomic E-state index is 12.2. The first-order valence-electron chi connectivity index (χ1n) is 5.30. The van der Waals surface area contributed by atoms with Crippen LogP contribution in [0.5, 0.6) is 0 Å². The second-order valence-electron chi connectivity index (χ2n) is 4.50. The zero-order valence-corrected chi connectivity index (χ0v) is 8.12. The molecule has 0 saturated heterocycles. The number of aromatic nitrogens is 1. The minimum Gasteiger partial charge on any atom is -0.294 e. The fraction of sp³-hybridized carbons (Fsp3) is 0.500. The molecule has 0 bridgehead atoms. The van der Waals surface area contributed by atoms with Crippen LogP contribution in [0, 0.1) is 5.41 Å². The van der Waals surface area contributed by atoms with Crippen molar-refractivity contribution in [2.24, 2.45) is 5.41 Å². The quantitative estimate of drug-likeness (QED) is 0.624. The van der Waals surface area contributed by atoms with Crippen LogP contribution >= 0.6 is 0 Å². The van der Waals surface area contributed by atoms with Crippen molar-refractivity contribution >= 4 is 5.78 Å². The van der Waals surface area contributed by atoms with Crippen LogP contribution in [0.4, 0.5) is 0 Å². The van der Waals surface area contributed by atoms with Gasteiger partial charge in [-0.25, -0.2) is 0 Å². The van der Waals surface area contributed by atoms with Gasteiger partial charge in [0.2, 0.25) is 0 Å². The molecule has 0 radical (unpaired) electrons. The highest BCUT2D eigenvalue weighted by molar-refractivity contribution is 6.03. The van der Waals surface area contributed by atoms with E-state index in [2.05, 4.69) is 4.98 Å². The van der Waals surface area contributed by atoms with E-state index in [9.17, 15) is 4.79 Å². The summed E-state index contributed by atoms with van der Waals surface area (Å²) in [6.45, 7) is 0. The maximum Gasteiger partial charge on any atom is 0.169 e. The zero-order valence-electron chi connectivity index (χ0n) is 8.12. The number of aryl methyl sites for hydroxylation is 1. The van der Waals surface area contributed by atoms with E-state index in [1.807, 2.05) is 12.3 Å². The highest BCUT2D eigenvalue weighted by Crippen LogP contribution is 2.49. The van der Waals surface area contributed by atoms with Crippen molar-refractivity contribution in [2.75, 3.05) is 0 Å². The van der Waals surface area contributed by atoms with Crippen molar-refractivity contribution in [3.05, 3.63) is 29.6 Å². The van der Waals surface area contributed by atoms with Crippen molar-refractivity contribution < 1.29 is 4.79 Å². The van der Waals surface area contributed by atoms with Gasteiger partial charge in [-0.1, -0.05) is 6.42 Å². The number of Topliss-reactive ketones (excluding diaryl/α,β-unsaturated/α-hetero) is 1. The Morgan fingerprint density at radius 2 is 2.14 bits per heavy atom. The molecule has 1 saturated carbocycles. The summed E-state index contributed by atoms with van der Waals surface area (Å²) in [5, 5.41) is 0. The molecule has 1 fully saturated rings. The molecule has 0 amide bonds. The number of pyridine rings is 1. The van der Waals surface area contributed by atoms with E-state index in [1.165, 1.54) is 6.42 Å². The van der Waals surface area contributed by atoms with Crippen LogP contribution in [0.15, 0.2) is 18.5 Å². The Labute approximate surface area is 83.4 Å². The van der Waals surface area contributed by atoms with Crippen LogP contribution in [0.25, 0.3) is 0 Å². The van der Waals surface area contributed by atoms with Gasteiger partial charge in [0.15, 0.2) is 5.78 Å². The van der Waals surface area contributed by atoms with Crippen molar-refractivity contribution in [3.8, 4) is 0 Å². The van der Waals surface area contributed by atoms with E-state index in [1.54, 1.807) is 6.20 Å². The van der Waals surface area contributed by atoms with Gasteiger partial charge in [0.25, 0.3) is 0 Å². The minimum absolute atomic E-state index is 0.0361. The van der Waals surface area contributed by atoms with E-state index in [0.717, 1.165) is 36.8 Å². The maximum atomic E-state index is 12.2. The first-order valence-corrected chi connectivity index (χ1v) is 5.30. The number of carbonyl (C=O) groups excluding carboxylic acids is 1. The number of ketones is 1. The van der Waals surface area contributed by atoms with Crippen LogP contribution in [-0.4, -0.2) is 10.8 Å². The van der Waals surface area contributed by atoms with Crippen molar-refractivity contribution in [2.45, 2.75) is 32.1 Å². The molecule has 1 spiro atoms. The summed E-state index contributed by atoms with van der Waals surface area (Å²) in [6, 6.07) is 1.89. The standard InChI is InChI=1S/C12H13NO/c14-11-10-3-7-13-8-9(10)2-6-12(11)4-1-5-12/h3,7-8H,1-2,4-6H2. The van der Waals surface area contributed by atoms with Crippen LogP contribution in [0.2, 0.25) is 0 Å². The molecule has 1 heterocycles. The zero-order chi connectivity index (χ0) is 9.60. The Morgan fingerprint density at radius 3 is 2.86 bits per heavy atom. The fourth-order valence-corrected chi connectivity index (χ4v) is 2.70. The summed E-state index contributed by atoms with van der Waals surface area (Å²) < 4.78 is 0. The SMILES string of the molecule is O=C1c2ccncc2CCC12CCC2. The molecule has 2 aliphatic rings. The number of hydrogen-bond donors (Lipinski definition) is 0. The summed E-state index contributed by atoms with van der Waals surface area (Å²) in [5.74, 6) is 0.382. The van der Waals surface area contributed by atoms with Gasteiger partial charge in [-0.3, -0.25) is 9.78 Å². The highest BCUT2D eigenvalue weighted by Gasteiger charge is 2.46. The molecule has 72 valence electrons. The van der Waals surface area contributed by atoms with Crippen molar-refractivity contribution in [1.29, 1.82) is 0 Å². The van der Waals surface area contributed by atoms with Crippen LogP contribution in [0.3, 0.4) is 0 Å². The number of rotatable bonds is 0. The van der Waals surface area contributed by atoms with Crippen LogP contribution in [0.1, 0.15) is 41.6 Å². The molecular formula is C12H13NO.